The summed E-state index contributed by atoms with van der Waals surface area (Å²) in [5, 5.41) is 11.0. The number of carbonyl (C=O) groups is 3. The third-order valence-electron chi connectivity index (χ3n) is 10.6. The molecule has 20 heteroatoms. The number of nitrogens with zero attached hydrogens (tertiary/aromatic N) is 4. The van der Waals surface area contributed by atoms with Gasteiger partial charge in [-0.3, -0.25) is 9.59 Å². The lowest BCUT2D eigenvalue weighted by molar-refractivity contribution is -0.126. The molecule has 2 aliphatic carbocycles. The number of anilines is 2. The van der Waals surface area contributed by atoms with Gasteiger partial charge in [-0.25, -0.2) is 41.6 Å². The zero-order valence-electron chi connectivity index (χ0n) is 32.0. The van der Waals surface area contributed by atoms with Crippen molar-refractivity contribution in [2.24, 2.45) is 11.8 Å². The van der Waals surface area contributed by atoms with Gasteiger partial charge in [-0.2, -0.15) is 0 Å². The Kier molecular flexibility index (Phi) is 12.0. The fourth-order valence-corrected chi connectivity index (χ4v) is 9.28. The highest BCUT2D eigenvalue weighted by molar-refractivity contribution is 7.90. The SMILES string of the molecule is CS(=O)(=O)CCCNC(=O)C1CCc2[nH]c3ncnc(Cl)c3c2C1.CS(=O)(=O)CCCNC(=O)C1CCc2[nH]c3ncnc(Nc4ccc5c(c4)C(=O)OC5)c3c2C1. The minimum absolute atomic E-state index is 0.0449. The van der Waals surface area contributed by atoms with Gasteiger partial charge in [-0.15, -0.1) is 0 Å². The van der Waals surface area contributed by atoms with E-state index in [1.54, 1.807) is 6.07 Å². The van der Waals surface area contributed by atoms with E-state index >= 15 is 0 Å². The van der Waals surface area contributed by atoms with E-state index in [9.17, 15) is 31.2 Å². The Morgan fingerprint density at radius 2 is 1.36 bits per heavy atom. The first kappa shape index (κ1) is 41.0. The van der Waals surface area contributed by atoms with Crippen molar-refractivity contribution in [3.05, 3.63) is 69.6 Å². The number of aryl methyl sites for hydroxylation is 2. The molecule has 4 aromatic heterocycles. The third kappa shape index (κ3) is 9.58. The summed E-state index contributed by atoms with van der Waals surface area (Å²) < 4.78 is 49.9. The number of sulfone groups is 2. The molecule has 0 radical (unpaired) electrons. The Morgan fingerprint density at radius 3 is 1.95 bits per heavy atom. The van der Waals surface area contributed by atoms with Gasteiger partial charge >= 0.3 is 5.97 Å². The molecule has 17 nitrogen and oxygen atoms in total. The standard InChI is InChI=1S/C23H25N5O5S.C15H19ClN4O3S/c1-34(31,32)8-2-7-24-22(29)13-4-6-18-17(9-13)19-20(25-12-26-21(19)28-18)27-15-5-3-14-11-33-23(30)16(14)10-15;1-24(22,23)6-2-5-17-15(21)9-3-4-11-10(7-9)12-13(16)18-8-19-14(12)20-11/h3,5,10,12-13H,2,4,6-9,11H2,1H3,(H,24,29)(H2,25,26,27,28);8-9H,2-7H2,1H3,(H,17,21)(H,18,19,20). The van der Waals surface area contributed by atoms with Crippen LogP contribution in [0.15, 0.2) is 30.9 Å². The van der Waals surface area contributed by atoms with Crippen LogP contribution in [0.2, 0.25) is 5.15 Å². The van der Waals surface area contributed by atoms with E-state index in [0.717, 1.165) is 51.7 Å². The Morgan fingerprint density at radius 1 is 0.810 bits per heavy atom. The van der Waals surface area contributed by atoms with E-state index in [2.05, 4.69) is 45.9 Å². The number of rotatable bonds is 12. The number of nitrogens with one attached hydrogen (secondary N) is 5. The summed E-state index contributed by atoms with van der Waals surface area (Å²) in [6.07, 6.45) is 10.1. The molecular formula is C38H44ClN9O8S2. The summed E-state index contributed by atoms with van der Waals surface area (Å²) in [4.78, 5) is 60.6. The monoisotopic (exact) mass is 853 g/mol. The first-order chi connectivity index (χ1) is 27.6. The number of halogens is 1. The van der Waals surface area contributed by atoms with Crippen LogP contribution in [0.1, 0.15) is 64.1 Å². The maximum Gasteiger partial charge on any atom is 0.338 e. The third-order valence-corrected chi connectivity index (χ3v) is 12.9. The lowest BCUT2D eigenvalue weighted by Crippen LogP contribution is -2.35. The number of aromatic nitrogens is 6. The number of benzene rings is 1. The maximum atomic E-state index is 12.7. The molecule has 1 aromatic carbocycles. The summed E-state index contributed by atoms with van der Waals surface area (Å²) >= 11 is 6.18. The Bertz CT molecular complexity index is 2630. The van der Waals surface area contributed by atoms with E-state index < -0.39 is 19.7 Å². The average Bonchev–Trinajstić information content (AvgIpc) is 3.87. The van der Waals surface area contributed by atoms with Crippen molar-refractivity contribution >= 4 is 82.6 Å². The number of esters is 1. The molecule has 1 aliphatic heterocycles. The van der Waals surface area contributed by atoms with E-state index in [0.29, 0.717) is 85.1 Å². The highest BCUT2D eigenvalue weighted by Crippen LogP contribution is 2.36. The predicted molar refractivity (Wildman–Crippen MR) is 217 cm³/mol. The lowest BCUT2D eigenvalue weighted by Gasteiger charge is -2.22. The molecule has 58 heavy (non-hydrogen) atoms. The Hall–Kier alpha value is -5.14. The van der Waals surface area contributed by atoms with Crippen molar-refractivity contribution in [2.45, 2.75) is 58.0 Å². The first-order valence-electron chi connectivity index (χ1n) is 19.0. The van der Waals surface area contributed by atoms with Crippen molar-refractivity contribution in [1.29, 1.82) is 0 Å². The summed E-state index contributed by atoms with van der Waals surface area (Å²) in [5.41, 5.74) is 7.62. The second-order valence-electron chi connectivity index (χ2n) is 15.0. The average molecular weight is 854 g/mol. The van der Waals surface area contributed by atoms with Crippen molar-refractivity contribution in [3.8, 4) is 0 Å². The van der Waals surface area contributed by atoms with Gasteiger partial charge in [0.05, 0.1) is 27.8 Å². The van der Waals surface area contributed by atoms with Crippen LogP contribution >= 0.6 is 11.6 Å². The van der Waals surface area contributed by atoms with Gasteiger partial charge in [0.25, 0.3) is 0 Å². The summed E-state index contributed by atoms with van der Waals surface area (Å²) in [5.74, 6) is -0.0830. The normalized spacial score (nSPS) is 17.4. The number of hydrogen-bond donors (Lipinski definition) is 5. The van der Waals surface area contributed by atoms with Gasteiger partial charge in [-0.1, -0.05) is 17.7 Å². The molecule has 0 saturated heterocycles. The van der Waals surface area contributed by atoms with Gasteiger partial charge in [0.15, 0.2) is 0 Å². The minimum Gasteiger partial charge on any atom is -0.457 e. The molecule has 0 fully saturated rings. The molecular weight excluding hydrogens is 810 g/mol. The number of ether oxygens (including phenoxy) is 1. The summed E-state index contributed by atoms with van der Waals surface area (Å²) in [7, 11) is -6.04. The molecule has 0 bridgehead atoms. The number of hydrogen-bond acceptors (Lipinski definition) is 13. The molecule has 5 heterocycles. The van der Waals surface area contributed by atoms with Gasteiger partial charge in [0.2, 0.25) is 11.8 Å². The molecule has 2 unspecified atom stereocenters. The number of H-pyrrole nitrogens is 2. The fraction of sp³-hybridized carbons (Fsp3) is 0.447. The topological polar surface area (TPSA) is 248 Å². The molecule has 2 amide bonds. The van der Waals surface area contributed by atoms with Crippen LogP contribution < -0.4 is 16.0 Å². The van der Waals surface area contributed by atoms with Gasteiger partial charge in [0, 0.05) is 60.1 Å². The highest BCUT2D eigenvalue weighted by Gasteiger charge is 2.30. The molecule has 5 N–H and O–H groups in total. The fourth-order valence-electron chi connectivity index (χ4n) is 7.69. The molecule has 3 aliphatic rings. The summed E-state index contributed by atoms with van der Waals surface area (Å²) in [6.45, 7) is 0.988. The van der Waals surface area contributed by atoms with Crippen LogP contribution in [0.3, 0.4) is 0 Å². The maximum absolute atomic E-state index is 12.7. The molecule has 5 aromatic rings. The molecule has 0 spiro atoms. The molecule has 308 valence electrons. The van der Waals surface area contributed by atoms with Crippen LogP contribution in [-0.4, -0.2) is 102 Å². The number of carbonyl (C=O) groups excluding carboxylic acids is 3. The van der Waals surface area contributed by atoms with E-state index in [1.807, 2.05) is 12.1 Å². The molecule has 2 atom stereocenters. The van der Waals surface area contributed by atoms with Crippen LogP contribution in [0.5, 0.6) is 0 Å². The number of fused-ring (bicyclic) bond motifs is 7. The van der Waals surface area contributed by atoms with Crippen molar-refractivity contribution in [1.82, 2.24) is 40.5 Å². The zero-order valence-corrected chi connectivity index (χ0v) is 34.4. The second kappa shape index (κ2) is 17.0. The van der Waals surface area contributed by atoms with Crippen LogP contribution in [0.4, 0.5) is 11.5 Å². The second-order valence-corrected chi connectivity index (χ2v) is 19.9. The van der Waals surface area contributed by atoms with Crippen LogP contribution in [0.25, 0.3) is 22.1 Å². The smallest absolute Gasteiger partial charge is 0.338 e. The lowest BCUT2D eigenvalue weighted by atomic mass is 9.86. The van der Waals surface area contributed by atoms with Crippen LogP contribution in [-0.2, 0) is 66.3 Å². The van der Waals surface area contributed by atoms with Crippen LogP contribution in [0, 0.1) is 11.8 Å². The van der Waals surface area contributed by atoms with E-state index in [-0.39, 0.29) is 47.7 Å². The largest absolute Gasteiger partial charge is 0.457 e. The first-order valence-corrected chi connectivity index (χ1v) is 23.5. The number of cyclic esters (lactones) is 1. The molecule has 8 rings (SSSR count). The Labute approximate surface area is 339 Å². The highest BCUT2D eigenvalue weighted by atomic mass is 35.5. The van der Waals surface area contributed by atoms with Crippen molar-refractivity contribution in [2.75, 3.05) is 42.4 Å². The zero-order chi connectivity index (χ0) is 41.2. The van der Waals surface area contributed by atoms with Gasteiger partial charge in [0.1, 0.15) is 61.2 Å². The van der Waals surface area contributed by atoms with E-state index in [4.69, 9.17) is 16.3 Å². The summed E-state index contributed by atoms with van der Waals surface area (Å²) in [6, 6.07) is 5.49. The van der Waals surface area contributed by atoms with Crippen molar-refractivity contribution < 1.29 is 36.0 Å². The Balaban J connectivity index is 0.000000188. The van der Waals surface area contributed by atoms with Gasteiger partial charge in [-0.05, 0) is 74.6 Å². The predicted octanol–water partition coefficient (Wildman–Crippen LogP) is 3.29. The van der Waals surface area contributed by atoms with Gasteiger partial charge < -0.3 is 30.7 Å². The molecule has 0 saturated carbocycles. The van der Waals surface area contributed by atoms with Crippen molar-refractivity contribution in [3.63, 3.8) is 0 Å². The van der Waals surface area contributed by atoms with E-state index in [1.165, 1.54) is 25.2 Å². The minimum atomic E-state index is -3.04. The number of aromatic amines is 2. The number of amides is 2. The quantitative estimate of drug-likeness (QED) is 0.0688.